The highest BCUT2D eigenvalue weighted by Gasteiger charge is 2.16. The predicted molar refractivity (Wildman–Crippen MR) is 64.3 cm³/mol. The van der Waals surface area contributed by atoms with Gasteiger partial charge in [0.25, 0.3) is 0 Å². The number of hydrogen-bond donors (Lipinski definition) is 0. The van der Waals surface area contributed by atoms with Crippen LogP contribution in [0.2, 0.25) is 0 Å². The lowest BCUT2D eigenvalue weighted by molar-refractivity contribution is -0.0176. The Kier molecular flexibility index (Phi) is 5.03. The third-order valence-electron chi connectivity index (χ3n) is 2.85. The van der Waals surface area contributed by atoms with Gasteiger partial charge in [-0.2, -0.15) is 0 Å². The van der Waals surface area contributed by atoms with Crippen molar-refractivity contribution in [1.29, 1.82) is 0 Å². The number of rotatable bonds is 4. The Balaban J connectivity index is 2.09. The molecule has 0 aromatic carbocycles. The summed E-state index contributed by atoms with van der Waals surface area (Å²) in [6.45, 7) is 16.5. The maximum absolute atomic E-state index is 5.73. The van der Waals surface area contributed by atoms with Crippen LogP contribution in [0, 0.1) is 0 Å². The molecule has 1 aliphatic rings. The molecule has 0 spiro atoms. The summed E-state index contributed by atoms with van der Waals surface area (Å²) in [6, 6.07) is 0. The molecule has 1 heterocycles. The van der Waals surface area contributed by atoms with Gasteiger partial charge in [-0.25, -0.2) is 0 Å². The topological polar surface area (TPSA) is 15.7 Å². The number of ether oxygens (including phenoxy) is 1. The van der Waals surface area contributed by atoms with Crippen molar-refractivity contribution in [2.75, 3.05) is 45.9 Å². The van der Waals surface area contributed by atoms with E-state index in [0.717, 1.165) is 13.2 Å². The SMILES string of the molecule is CCN1CCN(CCOC(C)(C)C)CC1. The van der Waals surface area contributed by atoms with E-state index in [1.54, 1.807) is 0 Å². The first-order valence-corrected chi connectivity index (χ1v) is 6.10. The second kappa shape index (κ2) is 5.83. The van der Waals surface area contributed by atoms with E-state index in [1.165, 1.54) is 32.7 Å². The Labute approximate surface area is 94.4 Å². The van der Waals surface area contributed by atoms with Gasteiger partial charge >= 0.3 is 0 Å². The highest BCUT2D eigenvalue weighted by molar-refractivity contribution is 4.71. The molecule has 0 unspecified atom stereocenters. The maximum atomic E-state index is 5.73. The van der Waals surface area contributed by atoms with Crippen molar-refractivity contribution >= 4 is 0 Å². The lowest BCUT2D eigenvalue weighted by Gasteiger charge is -2.34. The second-order valence-corrected chi connectivity index (χ2v) is 5.24. The third kappa shape index (κ3) is 5.50. The van der Waals surface area contributed by atoms with E-state index >= 15 is 0 Å². The van der Waals surface area contributed by atoms with Gasteiger partial charge in [-0.05, 0) is 27.3 Å². The van der Waals surface area contributed by atoms with Crippen molar-refractivity contribution in [2.45, 2.75) is 33.3 Å². The van der Waals surface area contributed by atoms with E-state index in [2.05, 4.69) is 37.5 Å². The third-order valence-corrected chi connectivity index (χ3v) is 2.85. The van der Waals surface area contributed by atoms with Gasteiger partial charge < -0.3 is 9.64 Å². The summed E-state index contributed by atoms with van der Waals surface area (Å²) in [7, 11) is 0. The number of likely N-dealkylation sites (N-methyl/N-ethyl adjacent to an activating group) is 1. The minimum atomic E-state index is 0.00520. The van der Waals surface area contributed by atoms with Gasteiger partial charge in [-0.3, -0.25) is 4.90 Å². The summed E-state index contributed by atoms with van der Waals surface area (Å²) in [4.78, 5) is 5.00. The van der Waals surface area contributed by atoms with Crippen molar-refractivity contribution < 1.29 is 4.74 Å². The zero-order valence-electron chi connectivity index (χ0n) is 10.8. The lowest BCUT2D eigenvalue weighted by Crippen LogP contribution is -2.47. The van der Waals surface area contributed by atoms with Crippen LogP contribution in [0.5, 0.6) is 0 Å². The molecule has 0 radical (unpaired) electrons. The quantitative estimate of drug-likeness (QED) is 0.704. The smallest absolute Gasteiger partial charge is 0.0600 e. The highest BCUT2D eigenvalue weighted by atomic mass is 16.5. The molecule has 0 aliphatic carbocycles. The van der Waals surface area contributed by atoms with E-state index in [1.807, 2.05) is 0 Å². The van der Waals surface area contributed by atoms with Crippen LogP contribution in [0.3, 0.4) is 0 Å². The normalized spacial score (nSPS) is 20.8. The van der Waals surface area contributed by atoms with Crippen LogP contribution in [-0.4, -0.2) is 61.3 Å². The van der Waals surface area contributed by atoms with Gasteiger partial charge in [0.15, 0.2) is 0 Å². The molecule has 0 amide bonds. The maximum Gasteiger partial charge on any atom is 0.0600 e. The van der Waals surface area contributed by atoms with E-state index < -0.39 is 0 Å². The molecule has 1 rings (SSSR count). The molecule has 1 fully saturated rings. The van der Waals surface area contributed by atoms with Gasteiger partial charge in [-0.1, -0.05) is 6.92 Å². The number of piperazine rings is 1. The van der Waals surface area contributed by atoms with Gasteiger partial charge in [0.05, 0.1) is 12.2 Å². The second-order valence-electron chi connectivity index (χ2n) is 5.24. The summed E-state index contributed by atoms with van der Waals surface area (Å²) >= 11 is 0. The van der Waals surface area contributed by atoms with Crippen molar-refractivity contribution in [3.05, 3.63) is 0 Å². The van der Waals surface area contributed by atoms with Crippen LogP contribution in [0.15, 0.2) is 0 Å². The minimum absolute atomic E-state index is 0.00520. The highest BCUT2D eigenvalue weighted by Crippen LogP contribution is 2.07. The van der Waals surface area contributed by atoms with Crippen molar-refractivity contribution in [2.24, 2.45) is 0 Å². The first-order valence-electron chi connectivity index (χ1n) is 6.10. The van der Waals surface area contributed by atoms with Crippen molar-refractivity contribution in [3.63, 3.8) is 0 Å². The van der Waals surface area contributed by atoms with Crippen LogP contribution in [0.25, 0.3) is 0 Å². The van der Waals surface area contributed by atoms with E-state index in [9.17, 15) is 0 Å². The summed E-state index contributed by atoms with van der Waals surface area (Å²) < 4.78 is 5.73. The number of nitrogens with zero attached hydrogens (tertiary/aromatic N) is 2. The first kappa shape index (κ1) is 12.9. The van der Waals surface area contributed by atoms with Crippen molar-refractivity contribution in [3.8, 4) is 0 Å². The number of hydrogen-bond acceptors (Lipinski definition) is 3. The Morgan fingerprint density at radius 3 is 2.00 bits per heavy atom. The van der Waals surface area contributed by atoms with Crippen LogP contribution < -0.4 is 0 Å². The minimum Gasteiger partial charge on any atom is -0.375 e. The van der Waals surface area contributed by atoms with Crippen LogP contribution in [-0.2, 0) is 4.74 Å². The monoisotopic (exact) mass is 214 g/mol. The zero-order chi connectivity index (χ0) is 11.3. The predicted octanol–water partition coefficient (Wildman–Crippen LogP) is 1.44. The van der Waals surface area contributed by atoms with E-state index in [4.69, 9.17) is 4.74 Å². The fraction of sp³-hybridized carbons (Fsp3) is 1.00. The molecular weight excluding hydrogens is 188 g/mol. The largest absolute Gasteiger partial charge is 0.375 e. The van der Waals surface area contributed by atoms with E-state index in [0.29, 0.717) is 0 Å². The van der Waals surface area contributed by atoms with E-state index in [-0.39, 0.29) is 5.60 Å². The lowest BCUT2D eigenvalue weighted by atomic mass is 10.2. The Morgan fingerprint density at radius 2 is 1.53 bits per heavy atom. The molecule has 3 nitrogen and oxygen atoms in total. The Morgan fingerprint density at radius 1 is 1.00 bits per heavy atom. The zero-order valence-corrected chi connectivity index (χ0v) is 10.8. The average molecular weight is 214 g/mol. The molecule has 0 saturated carbocycles. The summed E-state index contributed by atoms with van der Waals surface area (Å²) in [5.41, 5.74) is 0.00520. The molecule has 0 N–H and O–H groups in total. The standard InChI is InChI=1S/C12H26N2O/c1-5-13-6-8-14(9-7-13)10-11-15-12(2,3)4/h5-11H2,1-4H3. The Bertz CT molecular complexity index is 169. The van der Waals surface area contributed by atoms with Crippen LogP contribution in [0.4, 0.5) is 0 Å². The summed E-state index contributed by atoms with van der Waals surface area (Å²) in [5, 5.41) is 0. The first-order chi connectivity index (χ1) is 7.01. The van der Waals surface area contributed by atoms with Crippen LogP contribution >= 0.6 is 0 Å². The molecule has 3 heteroatoms. The summed E-state index contributed by atoms with van der Waals surface area (Å²) in [6.07, 6.45) is 0. The van der Waals surface area contributed by atoms with Gasteiger partial charge in [-0.15, -0.1) is 0 Å². The molecule has 15 heavy (non-hydrogen) atoms. The molecule has 90 valence electrons. The Hall–Kier alpha value is -0.120. The fourth-order valence-electron chi connectivity index (χ4n) is 1.81. The van der Waals surface area contributed by atoms with Gasteiger partial charge in [0, 0.05) is 32.7 Å². The van der Waals surface area contributed by atoms with Gasteiger partial charge in [0.2, 0.25) is 0 Å². The molecule has 0 aromatic rings. The molecule has 0 atom stereocenters. The van der Waals surface area contributed by atoms with Crippen molar-refractivity contribution in [1.82, 2.24) is 9.80 Å². The summed E-state index contributed by atoms with van der Waals surface area (Å²) in [5.74, 6) is 0. The molecule has 1 saturated heterocycles. The molecule has 1 aliphatic heterocycles. The fourth-order valence-corrected chi connectivity index (χ4v) is 1.81. The van der Waals surface area contributed by atoms with Crippen LogP contribution in [0.1, 0.15) is 27.7 Å². The average Bonchev–Trinajstić information content (AvgIpc) is 2.17. The molecule has 0 bridgehead atoms. The molecule has 0 aromatic heterocycles. The molecular formula is C12H26N2O. The van der Waals surface area contributed by atoms with Gasteiger partial charge in [0.1, 0.15) is 0 Å².